The number of hydrogen-bond acceptors (Lipinski definition) is 6. The molecule has 3 aromatic heterocycles. The summed E-state index contributed by atoms with van der Waals surface area (Å²) in [6.07, 6.45) is 4.05. The number of halogens is 1. The van der Waals surface area contributed by atoms with Crippen molar-refractivity contribution in [2.45, 2.75) is 26.4 Å². The van der Waals surface area contributed by atoms with Crippen molar-refractivity contribution in [2.75, 3.05) is 18.8 Å². The number of aryl methyl sites for hydroxylation is 1. The van der Waals surface area contributed by atoms with Crippen LogP contribution in [0.25, 0.3) is 22.6 Å². The van der Waals surface area contributed by atoms with Gasteiger partial charge in [-0.05, 0) is 43.6 Å². The minimum absolute atomic E-state index is 0.312. The lowest BCUT2D eigenvalue weighted by Gasteiger charge is -2.30. The first kappa shape index (κ1) is 18.6. The third-order valence-corrected chi connectivity index (χ3v) is 5.42. The molecule has 1 saturated heterocycles. The summed E-state index contributed by atoms with van der Waals surface area (Å²) in [7, 11) is 0. The Morgan fingerprint density at radius 3 is 2.40 bits per heavy atom. The van der Waals surface area contributed by atoms with E-state index < -0.39 is 5.82 Å². The quantitative estimate of drug-likeness (QED) is 0.551. The van der Waals surface area contributed by atoms with Gasteiger partial charge in [-0.2, -0.15) is 0 Å². The second-order valence-corrected chi connectivity index (χ2v) is 7.69. The number of nitrogen functional groups attached to an aromatic ring is 1. The number of anilines is 1. The summed E-state index contributed by atoms with van der Waals surface area (Å²) in [5.74, 6) is 1.02. The molecule has 1 fully saturated rings. The molecule has 0 bridgehead atoms. The molecule has 0 spiro atoms. The van der Waals surface area contributed by atoms with Gasteiger partial charge in [-0.25, -0.2) is 19.3 Å². The maximum atomic E-state index is 13.8. The highest BCUT2D eigenvalue weighted by atomic mass is 19.1. The molecular formula is C22H22FN7. The molecule has 4 aromatic rings. The predicted octanol–water partition coefficient (Wildman–Crippen LogP) is 3.17. The summed E-state index contributed by atoms with van der Waals surface area (Å²) < 4.78 is 15.8. The van der Waals surface area contributed by atoms with Crippen molar-refractivity contribution in [2.24, 2.45) is 0 Å². The molecule has 0 amide bonds. The SMILES string of the molecule is Cc1nc(N)c2nc(-c3cncc(F)c3)n(Cc3ccc(CN4CCC4)cc3)c2n1. The Morgan fingerprint density at radius 2 is 1.73 bits per heavy atom. The second-order valence-electron chi connectivity index (χ2n) is 7.69. The van der Waals surface area contributed by atoms with Gasteiger partial charge in [0.2, 0.25) is 0 Å². The number of nitrogens with two attached hydrogens (primary N) is 1. The molecule has 7 nitrogen and oxygen atoms in total. The van der Waals surface area contributed by atoms with Crippen molar-refractivity contribution in [1.29, 1.82) is 0 Å². The van der Waals surface area contributed by atoms with E-state index in [2.05, 4.69) is 49.1 Å². The summed E-state index contributed by atoms with van der Waals surface area (Å²) in [5, 5.41) is 0. The van der Waals surface area contributed by atoms with Gasteiger partial charge in [-0.3, -0.25) is 9.88 Å². The fraction of sp³-hybridized carbons (Fsp3) is 0.273. The van der Waals surface area contributed by atoms with Gasteiger partial charge in [-0.15, -0.1) is 0 Å². The smallest absolute Gasteiger partial charge is 0.166 e. The van der Waals surface area contributed by atoms with Crippen LogP contribution in [0.4, 0.5) is 10.2 Å². The summed E-state index contributed by atoms with van der Waals surface area (Å²) >= 11 is 0. The second kappa shape index (κ2) is 7.46. The zero-order valence-electron chi connectivity index (χ0n) is 16.7. The van der Waals surface area contributed by atoms with Crippen LogP contribution in [-0.2, 0) is 13.1 Å². The van der Waals surface area contributed by atoms with Gasteiger partial charge in [0.25, 0.3) is 0 Å². The monoisotopic (exact) mass is 403 g/mol. The Balaban J connectivity index is 1.55. The molecule has 1 aliphatic rings. The summed E-state index contributed by atoms with van der Waals surface area (Å²) in [4.78, 5) is 19.8. The van der Waals surface area contributed by atoms with Gasteiger partial charge in [0, 0.05) is 18.3 Å². The van der Waals surface area contributed by atoms with Crippen LogP contribution in [0.5, 0.6) is 0 Å². The zero-order chi connectivity index (χ0) is 20.7. The van der Waals surface area contributed by atoms with Crippen LogP contribution in [0.1, 0.15) is 23.4 Å². The molecule has 30 heavy (non-hydrogen) atoms. The van der Waals surface area contributed by atoms with Gasteiger partial charge in [0.15, 0.2) is 17.0 Å². The van der Waals surface area contributed by atoms with E-state index in [1.807, 2.05) is 4.57 Å². The molecule has 0 unspecified atom stereocenters. The van der Waals surface area contributed by atoms with Crippen LogP contribution in [-0.4, -0.2) is 42.5 Å². The Bertz CT molecular complexity index is 1210. The maximum absolute atomic E-state index is 13.8. The Hall–Kier alpha value is -3.39. The number of pyridine rings is 1. The molecule has 1 aliphatic heterocycles. The largest absolute Gasteiger partial charge is 0.382 e. The van der Waals surface area contributed by atoms with Crippen LogP contribution in [0, 0.1) is 12.7 Å². The molecule has 8 heteroatoms. The number of rotatable bonds is 5. The van der Waals surface area contributed by atoms with Crippen molar-refractivity contribution in [1.82, 2.24) is 29.4 Å². The number of likely N-dealkylation sites (tertiary alicyclic amines) is 1. The molecule has 5 rings (SSSR count). The van der Waals surface area contributed by atoms with Crippen LogP contribution < -0.4 is 5.73 Å². The lowest BCUT2D eigenvalue weighted by molar-refractivity contribution is 0.172. The lowest BCUT2D eigenvalue weighted by Crippen LogP contribution is -2.36. The van der Waals surface area contributed by atoms with Gasteiger partial charge in [-0.1, -0.05) is 24.3 Å². The van der Waals surface area contributed by atoms with Crippen LogP contribution in [0.15, 0.2) is 42.7 Å². The first-order valence-electron chi connectivity index (χ1n) is 9.98. The molecule has 2 N–H and O–H groups in total. The molecule has 0 atom stereocenters. The van der Waals surface area contributed by atoms with E-state index >= 15 is 0 Å². The minimum atomic E-state index is -0.420. The first-order valence-corrected chi connectivity index (χ1v) is 9.98. The fourth-order valence-corrected chi connectivity index (χ4v) is 3.77. The highest BCUT2D eigenvalue weighted by Gasteiger charge is 2.18. The normalized spacial score (nSPS) is 14.2. The van der Waals surface area contributed by atoms with Crippen LogP contribution in [0.3, 0.4) is 0 Å². The average molecular weight is 403 g/mol. The molecule has 4 heterocycles. The molecule has 152 valence electrons. The number of fused-ring (bicyclic) bond motifs is 1. The van der Waals surface area contributed by atoms with E-state index in [1.54, 1.807) is 13.1 Å². The third-order valence-electron chi connectivity index (χ3n) is 5.42. The number of hydrogen-bond donors (Lipinski definition) is 1. The van der Waals surface area contributed by atoms with Gasteiger partial charge in [0.05, 0.1) is 12.7 Å². The summed E-state index contributed by atoms with van der Waals surface area (Å²) in [6, 6.07) is 9.96. The number of imidazole rings is 1. The molecule has 1 aromatic carbocycles. The van der Waals surface area contributed by atoms with Crippen LogP contribution >= 0.6 is 0 Å². The number of aromatic nitrogens is 5. The van der Waals surface area contributed by atoms with Gasteiger partial charge in [0.1, 0.15) is 17.5 Å². The maximum Gasteiger partial charge on any atom is 0.166 e. The van der Waals surface area contributed by atoms with Crippen molar-refractivity contribution < 1.29 is 4.39 Å². The minimum Gasteiger partial charge on any atom is -0.382 e. The molecular weight excluding hydrogens is 381 g/mol. The third kappa shape index (κ3) is 3.50. The first-order chi connectivity index (χ1) is 14.6. The Morgan fingerprint density at radius 1 is 1.00 bits per heavy atom. The fourth-order valence-electron chi connectivity index (χ4n) is 3.77. The predicted molar refractivity (Wildman–Crippen MR) is 113 cm³/mol. The topological polar surface area (TPSA) is 85.8 Å². The summed E-state index contributed by atoms with van der Waals surface area (Å²) in [6.45, 7) is 5.66. The number of benzene rings is 1. The molecule has 0 radical (unpaired) electrons. The van der Waals surface area contributed by atoms with E-state index in [9.17, 15) is 4.39 Å². The van der Waals surface area contributed by atoms with Crippen molar-refractivity contribution in [3.63, 3.8) is 0 Å². The van der Waals surface area contributed by atoms with E-state index in [4.69, 9.17) is 5.73 Å². The lowest BCUT2D eigenvalue weighted by atomic mass is 10.1. The molecule has 0 saturated carbocycles. The molecule has 0 aliphatic carbocycles. The Labute approximate surface area is 173 Å². The van der Waals surface area contributed by atoms with Crippen molar-refractivity contribution in [3.05, 3.63) is 65.5 Å². The summed E-state index contributed by atoms with van der Waals surface area (Å²) in [5.41, 5.74) is 10.2. The van der Waals surface area contributed by atoms with E-state index in [1.165, 1.54) is 37.3 Å². The van der Waals surface area contributed by atoms with E-state index in [0.717, 1.165) is 12.1 Å². The number of nitrogens with zero attached hydrogens (tertiary/aromatic N) is 6. The highest BCUT2D eigenvalue weighted by Crippen LogP contribution is 2.27. The van der Waals surface area contributed by atoms with Crippen molar-refractivity contribution in [3.8, 4) is 11.4 Å². The van der Waals surface area contributed by atoms with Crippen LogP contribution in [0.2, 0.25) is 0 Å². The Kier molecular flexibility index (Phi) is 4.63. The van der Waals surface area contributed by atoms with Gasteiger partial charge < -0.3 is 10.3 Å². The van der Waals surface area contributed by atoms with Crippen molar-refractivity contribution >= 4 is 17.0 Å². The van der Waals surface area contributed by atoms with E-state index in [0.29, 0.717) is 40.7 Å². The highest BCUT2D eigenvalue weighted by molar-refractivity contribution is 5.85. The van der Waals surface area contributed by atoms with E-state index in [-0.39, 0.29) is 0 Å². The standard InChI is InChI=1S/C22H22FN7/c1-14-26-20(24)19-22(27-14)30(21(28-19)17-9-18(23)11-25-10-17)13-16-5-3-15(4-6-16)12-29-7-2-8-29/h3-6,9-11H,2,7-8,12-13H2,1H3,(H2,24,26,27). The van der Waals surface area contributed by atoms with Gasteiger partial charge >= 0.3 is 0 Å². The zero-order valence-corrected chi connectivity index (χ0v) is 16.7. The average Bonchev–Trinajstić information content (AvgIpc) is 3.05.